The van der Waals surface area contributed by atoms with Crippen molar-refractivity contribution in [1.82, 2.24) is 14.8 Å². The predicted octanol–water partition coefficient (Wildman–Crippen LogP) is 4.81. The molecule has 0 spiro atoms. The Labute approximate surface area is 183 Å². The second-order valence-corrected chi connectivity index (χ2v) is 7.71. The summed E-state index contributed by atoms with van der Waals surface area (Å²) in [4.78, 5) is 19.9. The van der Waals surface area contributed by atoms with E-state index in [0.29, 0.717) is 23.8 Å². The van der Waals surface area contributed by atoms with Crippen molar-refractivity contribution < 1.29 is 9.53 Å². The van der Waals surface area contributed by atoms with E-state index in [1.807, 2.05) is 41.1 Å². The van der Waals surface area contributed by atoms with E-state index in [9.17, 15) is 4.79 Å². The first-order chi connectivity index (χ1) is 15.2. The van der Waals surface area contributed by atoms with Gasteiger partial charge in [-0.15, -0.1) is 0 Å². The Balaban J connectivity index is 1.63. The molecule has 0 atom stereocenters. The molecule has 2 aromatic carbocycles. The van der Waals surface area contributed by atoms with Crippen molar-refractivity contribution in [1.29, 1.82) is 0 Å². The van der Waals surface area contributed by atoms with Crippen LogP contribution in [-0.4, -0.2) is 27.9 Å². The van der Waals surface area contributed by atoms with Crippen LogP contribution in [0.1, 0.15) is 43.4 Å². The van der Waals surface area contributed by atoms with Crippen LogP contribution in [0, 0.1) is 0 Å². The van der Waals surface area contributed by atoms with Gasteiger partial charge >= 0.3 is 6.03 Å². The number of amides is 2. The minimum absolute atomic E-state index is 0.223. The molecule has 7 nitrogen and oxygen atoms in total. The largest absolute Gasteiger partial charge is 0.497 e. The van der Waals surface area contributed by atoms with Gasteiger partial charge in [0.2, 0.25) is 0 Å². The standard InChI is InChI=1S/C24H29N5O2/c1-3-18-10-6-7-13-21(18)28(24(30)25-19-11-9-12-20(16-19)31-2)17-22-26-23-14-5-4-8-15-29(23)27-22/h6-7,9-13,16H,3-5,8,14-15,17H2,1-2H3,(H,25,30). The van der Waals surface area contributed by atoms with Gasteiger partial charge in [0.25, 0.3) is 0 Å². The Morgan fingerprint density at radius 3 is 2.87 bits per heavy atom. The zero-order valence-electron chi connectivity index (χ0n) is 18.2. The summed E-state index contributed by atoms with van der Waals surface area (Å²) in [5.41, 5.74) is 2.65. The first-order valence-electron chi connectivity index (χ1n) is 10.9. The monoisotopic (exact) mass is 419 g/mol. The second-order valence-electron chi connectivity index (χ2n) is 7.71. The first kappa shape index (κ1) is 20.9. The maximum absolute atomic E-state index is 13.4. The van der Waals surface area contributed by atoms with Crippen LogP contribution < -0.4 is 15.0 Å². The highest BCUT2D eigenvalue weighted by molar-refractivity contribution is 6.02. The third kappa shape index (κ3) is 4.87. The van der Waals surface area contributed by atoms with Crippen molar-refractivity contribution in [2.45, 2.75) is 52.1 Å². The van der Waals surface area contributed by atoms with Gasteiger partial charge in [-0.25, -0.2) is 14.5 Å². The number of urea groups is 1. The summed E-state index contributed by atoms with van der Waals surface area (Å²) in [6.07, 6.45) is 5.23. The van der Waals surface area contributed by atoms with Crippen molar-refractivity contribution in [2.24, 2.45) is 0 Å². The van der Waals surface area contributed by atoms with E-state index in [0.717, 1.165) is 49.3 Å². The summed E-state index contributed by atoms with van der Waals surface area (Å²) in [6, 6.07) is 15.1. The third-order valence-corrected chi connectivity index (χ3v) is 5.59. The van der Waals surface area contributed by atoms with Crippen LogP contribution in [0.4, 0.5) is 16.2 Å². The number of carbonyl (C=O) groups excluding carboxylic acids is 1. The third-order valence-electron chi connectivity index (χ3n) is 5.59. The molecule has 0 saturated carbocycles. The van der Waals surface area contributed by atoms with Gasteiger partial charge in [-0.1, -0.05) is 37.6 Å². The van der Waals surface area contributed by atoms with Crippen LogP contribution in [0.15, 0.2) is 48.5 Å². The van der Waals surface area contributed by atoms with Gasteiger partial charge in [-0.2, -0.15) is 5.10 Å². The lowest BCUT2D eigenvalue weighted by atomic mass is 10.1. The Morgan fingerprint density at radius 1 is 1.16 bits per heavy atom. The zero-order chi connectivity index (χ0) is 21.6. The molecule has 7 heteroatoms. The van der Waals surface area contributed by atoms with Crippen molar-refractivity contribution in [2.75, 3.05) is 17.3 Å². The average Bonchev–Trinajstić information content (AvgIpc) is 3.05. The van der Waals surface area contributed by atoms with Gasteiger partial charge in [0.1, 0.15) is 11.6 Å². The second kappa shape index (κ2) is 9.64. The quantitative estimate of drug-likeness (QED) is 0.622. The summed E-state index contributed by atoms with van der Waals surface area (Å²) in [6.45, 7) is 3.30. The SMILES string of the molecule is CCc1ccccc1N(Cc1nc2n(n1)CCCCC2)C(=O)Nc1cccc(OC)c1. The van der Waals surface area contributed by atoms with Crippen LogP contribution in [0.3, 0.4) is 0 Å². The number of para-hydroxylation sites is 1. The van der Waals surface area contributed by atoms with Crippen LogP contribution in [0.5, 0.6) is 5.75 Å². The van der Waals surface area contributed by atoms with E-state index >= 15 is 0 Å². The number of aromatic nitrogens is 3. The molecule has 0 radical (unpaired) electrons. The molecule has 1 N–H and O–H groups in total. The van der Waals surface area contributed by atoms with Crippen molar-refractivity contribution in [3.63, 3.8) is 0 Å². The molecule has 1 aliphatic rings. The lowest BCUT2D eigenvalue weighted by Crippen LogP contribution is -2.35. The van der Waals surface area contributed by atoms with Gasteiger partial charge in [-0.05, 0) is 43.0 Å². The fourth-order valence-electron chi connectivity index (χ4n) is 3.95. The molecule has 2 amide bonds. The number of ether oxygens (including phenoxy) is 1. The lowest BCUT2D eigenvalue weighted by Gasteiger charge is -2.24. The molecule has 0 fully saturated rings. The highest BCUT2D eigenvalue weighted by Gasteiger charge is 2.22. The highest BCUT2D eigenvalue weighted by atomic mass is 16.5. The van der Waals surface area contributed by atoms with E-state index in [1.165, 1.54) is 6.42 Å². The number of aryl methyl sites for hydroxylation is 3. The number of hydrogen-bond acceptors (Lipinski definition) is 4. The number of carbonyl (C=O) groups is 1. The summed E-state index contributed by atoms with van der Waals surface area (Å²) >= 11 is 0. The van der Waals surface area contributed by atoms with E-state index < -0.39 is 0 Å². The number of benzene rings is 2. The van der Waals surface area contributed by atoms with Crippen LogP contribution in [0.2, 0.25) is 0 Å². The van der Waals surface area contributed by atoms with Crippen molar-refractivity contribution in [3.05, 3.63) is 65.7 Å². The Kier molecular flexibility index (Phi) is 6.50. The number of methoxy groups -OCH3 is 1. The Morgan fingerprint density at radius 2 is 2.03 bits per heavy atom. The Bertz CT molecular complexity index is 1020. The predicted molar refractivity (Wildman–Crippen MR) is 122 cm³/mol. The van der Waals surface area contributed by atoms with Crippen LogP contribution in [-0.2, 0) is 25.9 Å². The minimum atomic E-state index is -0.223. The normalized spacial score (nSPS) is 13.2. The van der Waals surface area contributed by atoms with E-state index in [4.69, 9.17) is 14.8 Å². The van der Waals surface area contributed by atoms with Crippen molar-refractivity contribution >= 4 is 17.4 Å². The molecule has 1 aliphatic heterocycles. The zero-order valence-corrected chi connectivity index (χ0v) is 18.2. The van der Waals surface area contributed by atoms with Gasteiger partial charge < -0.3 is 10.1 Å². The van der Waals surface area contributed by atoms with Gasteiger partial charge in [0, 0.05) is 30.4 Å². The fourth-order valence-corrected chi connectivity index (χ4v) is 3.95. The number of nitrogens with zero attached hydrogens (tertiary/aromatic N) is 4. The molecule has 162 valence electrons. The number of rotatable bonds is 6. The molecule has 31 heavy (non-hydrogen) atoms. The summed E-state index contributed by atoms with van der Waals surface area (Å²) in [5, 5.41) is 7.72. The van der Waals surface area contributed by atoms with Gasteiger partial charge in [-0.3, -0.25) is 4.90 Å². The molecule has 0 aliphatic carbocycles. The summed E-state index contributed by atoms with van der Waals surface area (Å²) < 4.78 is 7.29. The number of fused-ring (bicyclic) bond motifs is 1. The Hall–Kier alpha value is -3.35. The van der Waals surface area contributed by atoms with Crippen LogP contribution >= 0.6 is 0 Å². The molecular weight excluding hydrogens is 390 g/mol. The fraction of sp³-hybridized carbons (Fsp3) is 0.375. The lowest BCUT2D eigenvalue weighted by molar-refractivity contribution is 0.256. The molecule has 0 saturated heterocycles. The number of nitrogens with one attached hydrogen (secondary N) is 1. The maximum atomic E-state index is 13.4. The average molecular weight is 420 g/mol. The maximum Gasteiger partial charge on any atom is 0.326 e. The van der Waals surface area contributed by atoms with Gasteiger partial charge in [0.05, 0.1) is 13.7 Å². The molecular formula is C24H29N5O2. The number of hydrogen-bond donors (Lipinski definition) is 1. The topological polar surface area (TPSA) is 72.3 Å². The molecule has 4 rings (SSSR count). The van der Waals surface area contributed by atoms with Crippen molar-refractivity contribution in [3.8, 4) is 5.75 Å². The van der Waals surface area contributed by atoms with Crippen LogP contribution in [0.25, 0.3) is 0 Å². The molecule has 3 aromatic rings. The molecule has 0 unspecified atom stereocenters. The van der Waals surface area contributed by atoms with E-state index in [1.54, 1.807) is 18.1 Å². The first-order valence-corrected chi connectivity index (χ1v) is 10.9. The molecule has 0 bridgehead atoms. The van der Waals surface area contributed by atoms with E-state index in [-0.39, 0.29) is 6.03 Å². The minimum Gasteiger partial charge on any atom is -0.497 e. The molecule has 2 heterocycles. The highest BCUT2D eigenvalue weighted by Crippen LogP contribution is 2.25. The van der Waals surface area contributed by atoms with Gasteiger partial charge in [0.15, 0.2) is 5.82 Å². The summed E-state index contributed by atoms with van der Waals surface area (Å²) in [7, 11) is 1.61. The smallest absolute Gasteiger partial charge is 0.326 e. The van der Waals surface area contributed by atoms with E-state index in [2.05, 4.69) is 18.3 Å². The number of anilines is 2. The summed E-state index contributed by atoms with van der Waals surface area (Å²) in [5.74, 6) is 2.38. The molecule has 1 aromatic heterocycles.